The summed E-state index contributed by atoms with van der Waals surface area (Å²) in [5, 5.41) is 0. The Balaban J connectivity index is 2.02. The van der Waals surface area contributed by atoms with Crippen molar-refractivity contribution in [2.75, 3.05) is 25.5 Å². The standard InChI is InChI=1S/C18H23N3O2/c1-4-16-17(19-12-23-16)18(22)21-14(11-20(2)3)10-9-13-7-5-6-8-15(13)21/h5-8,12,14H,4,9-11H2,1-3H3. The predicted molar refractivity (Wildman–Crippen MR) is 89.8 cm³/mol. The van der Waals surface area contributed by atoms with Gasteiger partial charge in [0.25, 0.3) is 5.91 Å². The highest BCUT2D eigenvalue weighted by molar-refractivity contribution is 6.06. The number of carbonyl (C=O) groups is 1. The predicted octanol–water partition coefficient (Wildman–Crippen LogP) is 2.76. The summed E-state index contributed by atoms with van der Waals surface area (Å²) < 4.78 is 5.36. The van der Waals surface area contributed by atoms with E-state index in [0.29, 0.717) is 17.9 Å². The summed E-state index contributed by atoms with van der Waals surface area (Å²) >= 11 is 0. The first-order valence-corrected chi connectivity index (χ1v) is 8.10. The van der Waals surface area contributed by atoms with E-state index in [9.17, 15) is 4.79 Å². The van der Waals surface area contributed by atoms with Gasteiger partial charge in [0, 0.05) is 18.7 Å². The third-order valence-corrected chi connectivity index (χ3v) is 4.32. The van der Waals surface area contributed by atoms with Crippen LogP contribution in [0.2, 0.25) is 0 Å². The molecular formula is C18H23N3O2. The number of oxazole rings is 1. The third kappa shape index (κ3) is 3.01. The lowest BCUT2D eigenvalue weighted by atomic mass is 9.95. The minimum atomic E-state index is -0.0606. The second-order valence-electron chi connectivity index (χ2n) is 6.24. The number of aryl methyl sites for hydroxylation is 2. The molecule has 0 saturated heterocycles. The highest BCUT2D eigenvalue weighted by atomic mass is 16.3. The molecule has 122 valence electrons. The SMILES string of the molecule is CCc1ocnc1C(=O)N1c2ccccc2CCC1CN(C)C. The Kier molecular flexibility index (Phi) is 4.48. The van der Waals surface area contributed by atoms with Crippen molar-refractivity contribution in [1.29, 1.82) is 0 Å². The van der Waals surface area contributed by atoms with Crippen LogP contribution in [0.5, 0.6) is 0 Å². The van der Waals surface area contributed by atoms with E-state index < -0.39 is 0 Å². The van der Waals surface area contributed by atoms with E-state index in [0.717, 1.165) is 25.1 Å². The lowest BCUT2D eigenvalue weighted by molar-refractivity contribution is 0.0962. The topological polar surface area (TPSA) is 49.6 Å². The number of aromatic nitrogens is 1. The van der Waals surface area contributed by atoms with Crippen LogP contribution >= 0.6 is 0 Å². The molecule has 0 fully saturated rings. The minimum Gasteiger partial charge on any atom is -0.448 e. The quantitative estimate of drug-likeness (QED) is 0.871. The van der Waals surface area contributed by atoms with Crippen molar-refractivity contribution in [3.8, 4) is 0 Å². The number of rotatable bonds is 4. The van der Waals surface area contributed by atoms with Gasteiger partial charge < -0.3 is 14.2 Å². The van der Waals surface area contributed by atoms with Crippen LogP contribution in [0.25, 0.3) is 0 Å². The number of carbonyl (C=O) groups excluding carboxylic acids is 1. The van der Waals surface area contributed by atoms with Crippen molar-refractivity contribution in [3.63, 3.8) is 0 Å². The molecule has 1 aromatic heterocycles. The molecule has 1 unspecified atom stereocenters. The average Bonchev–Trinajstić information content (AvgIpc) is 3.02. The normalized spacial score (nSPS) is 17.4. The van der Waals surface area contributed by atoms with E-state index >= 15 is 0 Å². The Bertz CT molecular complexity index is 693. The van der Waals surface area contributed by atoms with Crippen molar-refractivity contribution in [1.82, 2.24) is 9.88 Å². The molecule has 1 amide bonds. The summed E-state index contributed by atoms with van der Waals surface area (Å²) in [7, 11) is 4.08. The molecule has 0 N–H and O–H groups in total. The van der Waals surface area contributed by atoms with Gasteiger partial charge in [-0.15, -0.1) is 0 Å². The molecule has 1 atom stereocenters. The average molecular weight is 313 g/mol. The number of amides is 1. The van der Waals surface area contributed by atoms with Gasteiger partial charge in [-0.2, -0.15) is 0 Å². The first-order chi connectivity index (χ1) is 11.1. The number of fused-ring (bicyclic) bond motifs is 1. The summed E-state index contributed by atoms with van der Waals surface area (Å²) in [6, 6.07) is 8.29. The van der Waals surface area contributed by atoms with Gasteiger partial charge in [-0.3, -0.25) is 4.79 Å². The molecule has 2 aromatic rings. The molecule has 5 heteroatoms. The fourth-order valence-electron chi connectivity index (χ4n) is 3.28. The van der Waals surface area contributed by atoms with Gasteiger partial charge in [0.2, 0.25) is 0 Å². The molecule has 1 aliphatic heterocycles. The monoisotopic (exact) mass is 313 g/mol. The van der Waals surface area contributed by atoms with Crippen LogP contribution in [0.3, 0.4) is 0 Å². The molecule has 0 spiro atoms. The van der Waals surface area contributed by atoms with Crippen LogP contribution in [0.15, 0.2) is 35.1 Å². The fourth-order valence-corrected chi connectivity index (χ4v) is 3.28. The van der Waals surface area contributed by atoms with Gasteiger partial charge >= 0.3 is 0 Å². The molecule has 1 aliphatic rings. The highest BCUT2D eigenvalue weighted by Crippen LogP contribution is 2.32. The Morgan fingerprint density at radius 3 is 2.91 bits per heavy atom. The van der Waals surface area contributed by atoms with Gasteiger partial charge in [-0.1, -0.05) is 25.1 Å². The molecule has 0 aliphatic carbocycles. The number of benzene rings is 1. The van der Waals surface area contributed by atoms with Crippen molar-refractivity contribution in [2.24, 2.45) is 0 Å². The molecule has 0 saturated carbocycles. The van der Waals surface area contributed by atoms with E-state index in [-0.39, 0.29) is 11.9 Å². The van der Waals surface area contributed by atoms with Crippen LogP contribution in [0.1, 0.15) is 35.2 Å². The Labute approximate surface area is 136 Å². The van der Waals surface area contributed by atoms with Crippen molar-refractivity contribution in [3.05, 3.63) is 47.7 Å². The lowest BCUT2D eigenvalue weighted by Crippen LogP contribution is -2.48. The molecule has 2 heterocycles. The maximum Gasteiger partial charge on any atom is 0.280 e. The zero-order valence-electron chi connectivity index (χ0n) is 14.0. The molecule has 3 rings (SSSR count). The van der Waals surface area contributed by atoms with Crippen LogP contribution in [-0.2, 0) is 12.8 Å². The van der Waals surface area contributed by atoms with Crippen LogP contribution < -0.4 is 4.90 Å². The Morgan fingerprint density at radius 2 is 2.17 bits per heavy atom. The zero-order chi connectivity index (χ0) is 16.4. The molecular weight excluding hydrogens is 290 g/mol. The van der Waals surface area contributed by atoms with Gasteiger partial charge in [-0.05, 0) is 38.6 Å². The summed E-state index contributed by atoms with van der Waals surface area (Å²) in [5.74, 6) is 0.594. The Morgan fingerprint density at radius 1 is 1.39 bits per heavy atom. The second-order valence-corrected chi connectivity index (χ2v) is 6.24. The molecule has 0 radical (unpaired) electrons. The van der Waals surface area contributed by atoms with Crippen molar-refractivity contribution in [2.45, 2.75) is 32.2 Å². The fraction of sp³-hybridized carbons (Fsp3) is 0.444. The van der Waals surface area contributed by atoms with E-state index in [2.05, 4.69) is 16.0 Å². The van der Waals surface area contributed by atoms with Gasteiger partial charge in [0.15, 0.2) is 12.1 Å². The zero-order valence-corrected chi connectivity index (χ0v) is 14.0. The summed E-state index contributed by atoms with van der Waals surface area (Å²) in [6.45, 7) is 2.80. The van der Waals surface area contributed by atoms with E-state index in [1.807, 2.05) is 44.1 Å². The molecule has 0 bridgehead atoms. The van der Waals surface area contributed by atoms with Crippen molar-refractivity contribution < 1.29 is 9.21 Å². The van der Waals surface area contributed by atoms with Crippen LogP contribution in [0.4, 0.5) is 5.69 Å². The van der Waals surface area contributed by atoms with E-state index in [1.165, 1.54) is 12.0 Å². The minimum absolute atomic E-state index is 0.0606. The maximum atomic E-state index is 13.2. The number of hydrogen-bond acceptors (Lipinski definition) is 4. The third-order valence-electron chi connectivity index (χ3n) is 4.32. The summed E-state index contributed by atoms with van der Waals surface area (Å²) in [4.78, 5) is 21.4. The van der Waals surface area contributed by atoms with E-state index in [1.54, 1.807) is 0 Å². The lowest BCUT2D eigenvalue weighted by Gasteiger charge is -2.38. The largest absolute Gasteiger partial charge is 0.448 e. The first kappa shape index (κ1) is 15.7. The number of para-hydroxylation sites is 1. The summed E-state index contributed by atoms with van der Waals surface area (Å²) in [6.07, 6.45) is 3.98. The Hall–Kier alpha value is -2.14. The molecule has 5 nitrogen and oxygen atoms in total. The van der Waals surface area contributed by atoms with Crippen LogP contribution in [0, 0.1) is 0 Å². The maximum absolute atomic E-state index is 13.2. The van der Waals surface area contributed by atoms with Gasteiger partial charge in [0.05, 0.1) is 6.04 Å². The van der Waals surface area contributed by atoms with Gasteiger partial charge in [0.1, 0.15) is 5.76 Å². The number of likely N-dealkylation sites (N-methyl/N-ethyl adjacent to an activating group) is 1. The van der Waals surface area contributed by atoms with Crippen LogP contribution in [-0.4, -0.2) is 42.5 Å². The van der Waals surface area contributed by atoms with E-state index in [4.69, 9.17) is 4.42 Å². The first-order valence-electron chi connectivity index (χ1n) is 8.10. The number of hydrogen-bond donors (Lipinski definition) is 0. The summed E-state index contributed by atoms with van der Waals surface area (Å²) in [5.41, 5.74) is 2.66. The smallest absolute Gasteiger partial charge is 0.280 e. The second kappa shape index (κ2) is 6.54. The number of nitrogens with zero attached hydrogens (tertiary/aromatic N) is 3. The highest BCUT2D eigenvalue weighted by Gasteiger charge is 2.33. The van der Waals surface area contributed by atoms with Gasteiger partial charge in [-0.25, -0.2) is 4.98 Å². The molecule has 1 aromatic carbocycles. The molecule has 23 heavy (non-hydrogen) atoms. The number of anilines is 1. The van der Waals surface area contributed by atoms with Crippen molar-refractivity contribution >= 4 is 11.6 Å².